The molecule has 0 heterocycles. The van der Waals surface area contributed by atoms with Crippen LogP contribution in [0.3, 0.4) is 0 Å². The number of rotatable bonds is 6. The largest absolute Gasteiger partial charge is 0.481 e. The number of ether oxygens (including phenoxy) is 1. The van der Waals surface area contributed by atoms with Crippen molar-refractivity contribution in [2.24, 2.45) is 11.5 Å². The molecule has 7 nitrogen and oxygen atoms in total. The van der Waals surface area contributed by atoms with Gasteiger partial charge in [-0.25, -0.2) is 0 Å². The van der Waals surface area contributed by atoms with Crippen LogP contribution in [0.1, 0.15) is 26.2 Å². The molecule has 102 valence electrons. The smallest absolute Gasteiger partial charge is 0.324 e. The highest BCUT2D eigenvalue weighted by atomic mass is 16.6. The van der Waals surface area contributed by atoms with E-state index in [2.05, 4.69) is 5.32 Å². The van der Waals surface area contributed by atoms with E-state index in [1.165, 1.54) is 0 Å². The lowest BCUT2D eigenvalue weighted by Crippen LogP contribution is -2.37. The van der Waals surface area contributed by atoms with E-state index in [1.54, 1.807) is 6.92 Å². The molecule has 7 heteroatoms. The molecule has 0 amide bonds. The SMILES string of the molecule is CCC(N)OC(=O)C(N)CCC(=O)O.CNC. The molecule has 0 radical (unpaired) electrons. The number of nitrogens with one attached hydrogen (secondary N) is 1. The van der Waals surface area contributed by atoms with Crippen LogP contribution in [-0.2, 0) is 14.3 Å². The molecular formula is C10H23N3O4. The predicted octanol–water partition coefficient (Wildman–Crippen LogP) is -0.748. The Morgan fingerprint density at radius 2 is 1.82 bits per heavy atom. The molecule has 0 saturated carbocycles. The first kappa shape index (κ1) is 18.2. The van der Waals surface area contributed by atoms with Gasteiger partial charge in [0.1, 0.15) is 6.04 Å². The maximum Gasteiger partial charge on any atom is 0.324 e. The van der Waals surface area contributed by atoms with Gasteiger partial charge in [-0.1, -0.05) is 6.92 Å². The van der Waals surface area contributed by atoms with Crippen LogP contribution in [0, 0.1) is 0 Å². The van der Waals surface area contributed by atoms with E-state index in [4.69, 9.17) is 21.3 Å². The molecule has 0 aromatic carbocycles. The van der Waals surface area contributed by atoms with Crippen molar-refractivity contribution >= 4 is 11.9 Å². The summed E-state index contributed by atoms with van der Waals surface area (Å²) in [7, 11) is 3.75. The summed E-state index contributed by atoms with van der Waals surface area (Å²) in [4.78, 5) is 21.3. The first-order valence-electron chi connectivity index (χ1n) is 5.40. The van der Waals surface area contributed by atoms with Crippen molar-refractivity contribution in [2.75, 3.05) is 14.1 Å². The van der Waals surface area contributed by atoms with Crippen LogP contribution in [-0.4, -0.2) is 43.4 Å². The number of aliphatic carboxylic acids is 1. The number of nitrogens with two attached hydrogens (primary N) is 2. The molecule has 0 aromatic rings. The van der Waals surface area contributed by atoms with Gasteiger partial charge in [-0.3, -0.25) is 15.3 Å². The van der Waals surface area contributed by atoms with Gasteiger partial charge in [-0.15, -0.1) is 0 Å². The third-order valence-corrected chi connectivity index (χ3v) is 1.64. The van der Waals surface area contributed by atoms with Gasteiger partial charge in [0, 0.05) is 6.42 Å². The topological polar surface area (TPSA) is 128 Å². The normalized spacial score (nSPS) is 13.0. The standard InChI is InChI=1S/C8H16N2O4.C2H7N/c1-2-6(10)14-8(13)5(9)3-4-7(11)12;1-3-2/h5-6H,2-4,9-10H2,1H3,(H,11,12);3H,1-2H3. The summed E-state index contributed by atoms with van der Waals surface area (Å²) in [6, 6.07) is -0.913. The molecule has 2 atom stereocenters. The Labute approximate surface area is 101 Å². The second-order valence-electron chi connectivity index (χ2n) is 3.42. The van der Waals surface area contributed by atoms with Crippen LogP contribution in [0.5, 0.6) is 0 Å². The average Bonchev–Trinajstić information content (AvgIpc) is 2.26. The van der Waals surface area contributed by atoms with Gasteiger partial charge >= 0.3 is 11.9 Å². The van der Waals surface area contributed by atoms with Crippen molar-refractivity contribution in [2.45, 2.75) is 38.5 Å². The third kappa shape index (κ3) is 12.8. The van der Waals surface area contributed by atoms with Crippen LogP contribution >= 0.6 is 0 Å². The molecule has 0 bridgehead atoms. The second-order valence-corrected chi connectivity index (χ2v) is 3.42. The first-order valence-corrected chi connectivity index (χ1v) is 5.40. The van der Waals surface area contributed by atoms with E-state index < -0.39 is 24.2 Å². The number of carboxylic acids is 1. The van der Waals surface area contributed by atoms with Crippen LogP contribution < -0.4 is 16.8 Å². The molecule has 0 rings (SSSR count). The minimum atomic E-state index is -0.993. The quantitative estimate of drug-likeness (QED) is 0.360. The van der Waals surface area contributed by atoms with Gasteiger partial charge in [0.2, 0.25) is 0 Å². The lowest BCUT2D eigenvalue weighted by molar-refractivity contribution is -0.150. The van der Waals surface area contributed by atoms with Crippen molar-refractivity contribution < 1.29 is 19.4 Å². The second kappa shape index (κ2) is 11.3. The molecule has 17 heavy (non-hydrogen) atoms. The summed E-state index contributed by atoms with van der Waals surface area (Å²) < 4.78 is 4.71. The van der Waals surface area contributed by atoms with E-state index in [9.17, 15) is 9.59 Å². The molecule has 2 unspecified atom stereocenters. The van der Waals surface area contributed by atoms with Crippen LogP contribution in [0.2, 0.25) is 0 Å². The zero-order valence-corrected chi connectivity index (χ0v) is 10.6. The summed E-state index contributed by atoms with van der Waals surface area (Å²) in [5.74, 6) is -1.64. The Morgan fingerprint density at radius 3 is 2.18 bits per heavy atom. The van der Waals surface area contributed by atoms with Crippen LogP contribution in [0.4, 0.5) is 0 Å². The van der Waals surface area contributed by atoms with Crippen LogP contribution in [0.15, 0.2) is 0 Å². The van der Waals surface area contributed by atoms with E-state index in [0.29, 0.717) is 6.42 Å². The highest BCUT2D eigenvalue weighted by Gasteiger charge is 2.18. The molecule has 0 aliphatic carbocycles. The highest BCUT2D eigenvalue weighted by molar-refractivity contribution is 5.76. The molecule has 0 fully saturated rings. The number of esters is 1. The van der Waals surface area contributed by atoms with Gasteiger partial charge in [-0.2, -0.15) is 0 Å². The summed E-state index contributed by atoms with van der Waals surface area (Å²) in [5.41, 5.74) is 10.7. The molecule has 0 aliphatic heterocycles. The maximum atomic E-state index is 11.1. The highest BCUT2D eigenvalue weighted by Crippen LogP contribution is 1.99. The minimum Gasteiger partial charge on any atom is -0.481 e. The number of carbonyl (C=O) groups excluding carboxylic acids is 1. The van der Waals surface area contributed by atoms with E-state index in [0.717, 1.165) is 0 Å². The summed E-state index contributed by atoms with van der Waals surface area (Å²) in [5, 5.41) is 11.1. The number of carbonyl (C=O) groups is 2. The average molecular weight is 249 g/mol. The van der Waals surface area contributed by atoms with Gasteiger partial charge in [-0.05, 0) is 26.9 Å². The number of hydrogen-bond acceptors (Lipinski definition) is 6. The van der Waals surface area contributed by atoms with E-state index in [1.807, 2.05) is 14.1 Å². The fraction of sp³-hybridized carbons (Fsp3) is 0.800. The molecule has 0 aromatic heterocycles. The van der Waals surface area contributed by atoms with Crippen molar-refractivity contribution in [1.82, 2.24) is 5.32 Å². The fourth-order valence-corrected chi connectivity index (χ4v) is 0.717. The van der Waals surface area contributed by atoms with Crippen LogP contribution in [0.25, 0.3) is 0 Å². The Morgan fingerprint density at radius 1 is 1.35 bits per heavy atom. The Hall–Kier alpha value is -1.18. The monoisotopic (exact) mass is 249 g/mol. The van der Waals surface area contributed by atoms with E-state index >= 15 is 0 Å². The third-order valence-electron chi connectivity index (χ3n) is 1.64. The van der Waals surface area contributed by atoms with Gasteiger partial charge in [0.05, 0.1) is 0 Å². The van der Waals surface area contributed by atoms with Gasteiger partial charge in [0.15, 0.2) is 6.23 Å². The van der Waals surface area contributed by atoms with Gasteiger partial charge in [0.25, 0.3) is 0 Å². The number of hydrogen-bond donors (Lipinski definition) is 4. The van der Waals surface area contributed by atoms with Crippen molar-refractivity contribution in [3.63, 3.8) is 0 Å². The zero-order chi connectivity index (χ0) is 13.8. The molecule has 0 spiro atoms. The first-order chi connectivity index (χ1) is 7.88. The number of carboxylic acid groups (broad SMARTS) is 1. The van der Waals surface area contributed by atoms with Gasteiger partial charge < -0.3 is 20.9 Å². The maximum absolute atomic E-state index is 11.1. The van der Waals surface area contributed by atoms with Crippen molar-refractivity contribution in [1.29, 1.82) is 0 Å². The predicted molar refractivity (Wildman–Crippen MR) is 64.2 cm³/mol. The van der Waals surface area contributed by atoms with Crippen molar-refractivity contribution in [3.05, 3.63) is 0 Å². The lowest BCUT2D eigenvalue weighted by Gasteiger charge is -2.14. The molecule has 0 aliphatic rings. The fourth-order valence-electron chi connectivity index (χ4n) is 0.717. The molecule has 6 N–H and O–H groups in total. The minimum absolute atomic E-state index is 0.0601. The molecule has 0 saturated heterocycles. The molecular weight excluding hydrogens is 226 g/mol. The Balaban J connectivity index is 0. The zero-order valence-electron chi connectivity index (χ0n) is 10.6. The summed E-state index contributed by atoms with van der Waals surface area (Å²) in [6.45, 7) is 1.76. The summed E-state index contributed by atoms with van der Waals surface area (Å²) >= 11 is 0. The Kier molecular flexibility index (Phi) is 12.1. The lowest BCUT2D eigenvalue weighted by atomic mass is 10.2. The summed E-state index contributed by atoms with van der Waals surface area (Å²) in [6.07, 6.45) is -0.266. The van der Waals surface area contributed by atoms with Crippen molar-refractivity contribution in [3.8, 4) is 0 Å². The Bertz CT molecular complexity index is 224. The van der Waals surface area contributed by atoms with E-state index in [-0.39, 0.29) is 12.8 Å².